The van der Waals surface area contributed by atoms with Crippen molar-refractivity contribution in [3.63, 3.8) is 0 Å². The largest absolute Gasteiger partial charge is 0.416 e. The molecule has 1 fully saturated rings. The van der Waals surface area contributed by atoms with Gasteiger partial charge in [-0.2, -0.15) is 13.2 Å². The summed E-state index contributed by atoms with van der Waals surface area (Å²) in [7, 11) is 0. The number of fused-ring (bicyclic) bond motifs is 1. The van der Waals surface area contributed by atoms with Crippen LogP contribution in [0.25, 0.3) is 0 Å². The molecular formula is C29H30F3N3O2S. The average molecular weight is 542 g/mol. The molecule has 5 nitrogen and oxygen atoms in total. The number of piperazine rings is 1. The standard InChI is InChI=1S/C29H30F3N3O2S/c1-19-5-3-4-6-23(19)27-24-12-16-38-25(24)11-13-34(27)18-26(36)33-14-15-35(20(2)17-33)28(37)21-7-9-22(10-8-21)29(30,31)32/h3-10,12,16,20,27H,11,13-15,17-18H2,1-2H3/t20-,27-/m0/s1. The highest BCUT2D eigenvalue weighted by atomic mass is 32.1. The Kier molecular flexibility index (Phi) is 7.33. The number of hydrogen-bond donors (Lipinski definition) is 0. The van der Waals surface area contributed by atoms with E-state index in [1.165, 1.54) is 33.7 Å². The van der Waals surface area contributed by atoms with Crippen molar-refractivity contribution in [1.29, 1.82) is 0 Å². The Morgan fingerprint density at radius 1 is 0.974 bits per heavy atom. The summed E-state index contributed by atoms with van der Waals surface area (Å²) in [4.78, 5) is 33.6. The van der Waals surface area contributed by atoms with Crippen molar-refractivity contribution in [3.8, 4) is 0 Å². The first-order valence-electron chi connectivity index (χ1n) is 12.8. The summed E-state index contributed by atoms with van der Waals surface area (Å²) >= 11 is 1.77. The maximum Gasteiger partial charge on any atom is 0.416 e. The van der Waals surface area contributed by atoms with Crippen LogP contribution in [0.2, 0.25) is 0 Å². The fourth-order valence-electron chi connectivity index (χ4n) is 5.52. The van der Waals surface area contributed by atoms with Crippen LogP contribution in [0.1, 0.15) is 50.5 Å². The summed E-state index contributed by atoms with van der Waals surface area (Å²) in [6.45, 7) is 6.16. The van der Waals surface area contributed by atoms with Gasteiger partial charge in [-0.25, -0.2) is 0 Å². The molecule has 0 unspecified atom stereocenters. The van der Waals surface area contributed by atoms with Gasteiger partial charge in [0.15, 0.2) is 0 Å². The SMILES string of the molecule is Cc1ccccc1[C@H]1c2ccsc2CCN1CC(=O)N1CCN(C(=O)c2ccc(C(F)(F)F)cc2)[C@@H](C)C1. The Balaban J connectivity index is 1.26. The smallest absolute Gasteiger partial charge is 0.338 e. The zero-order chi connectivity index (χ0) is 27.0. The number of carbonyl (C=O) groups is 2. The van der Waals surface area contributed by atoms with Gasteiger partial charge >= 0.3 is 6.18 Å². The van der Waals surface area contributed by atoms with Crippen molar-refractivity contribution in [1.82, 2.24) is 14.7 Å². The zero-order valence-corrected chi connectivity index (χ0v) is 22.2. The quantitative estimate of drug-likeness (QED) is 0.445. The van der Waals surface area contributed by atoms with E-state index in [2.05, 4.69) is 35.4 Å². The Labute approximate surface area is 224 Å². The van der Waals surface area contributed by atoms with Crippen molar-refractivity contribution in [2.75, 3.05) is 32.7 Å². The number of rotatable bonds is 4. The molecule has 3 heterocycles. The van der Waals surface area contributed by atoms with Crippen molar-refractivity contribution >= 4 is 23.2 Å². The third-order valence-corrected chi connectivity index (χ3v) is 8.58. The molecule has 0 saturated carbocycles. The van der Waals surface area contributed by atoms with Crippen molar-refractivity contribution < 1.29 is 22.8 Å². The maximum absolute atomic E-state index is 13.5. The molecule has 38 heavy (non-hydrogen) atoms. The van der Waals surface area contributed by atoms with Gasteiger partial charge in [-0.1, -0.05) is 24.3 Å². The molecule has 2 aliphatic heterocycles. The van der Waals surface area contributed by atoms with E-state index in [1.54, 1.807) is 21.1 Å². The molecule has 2 amide bonds. The number of amides is 2. The second-order valence-corrected chi connectivity index (χ2v) is 11.0. The van der Waals surface area contributed by atoms with Crippen LogP contribution in [-0.2, 0) is 17.4 Å². The molecule has 3 aromatic rings. The Hall–Kier alpha value is -3.17. The molecule has 9 heteroatoms. The lowest BCUT2D eigenvalue weighted by Gasteiger charge is -2.42. The number of thiophene rings is 1. The Morgan fingerprint density at radius 2 is 1.71 bits per heavy atom. The van der Waals surface area contributed by atoms with Gasteiger partial charge < -0.3 is 9.80 Å². The van der Waals surface area contributed by atoms with E-state index in [4.69, 9.17) is 0 Å². The lowest BCUT2D eigenvalue weighted by Crippen LogP contribution is -2.57. The molecule has 2 atom stereocenters. The van der Waals surface area contributed by atoms with Gasteiger partial charge in [0.05, 0.1) is 18.2 Å². The number of nitrogens with zero attached hydrogens (tertiary/aromatic N) is 3. The van der Waals surface area contributed by atoms with Gasteiger partial charge in [-0.05, 0) is 72.7 Å². The van der Waals surface area contributed by atoms with Crippen LogP contribution in [0.5, 0.6) is 0 Å². The van der Waals surface area contributed by atoms with E-state index >= 15 is 0 Å². The summed E-state index contributed by atoms with van der Waals surface area (Å²) in [6.07, 6.45) is -3.53. The third kappa shape index (κ3) is 5.22. The van der Waals surface area contributed by atoms with Crippen LogP contribution in [0.15, 0.2) is 60.0 Å². The van der Waals surface area contributed by atoms with E-state index in [9.17, 15) is 22.8 Å². The van der Waals surface area contributed by atoms with Gasteiger partial charge in [0.25, 0.3) is 5.91 Å². The lowest BCUT2D eigenvalue weighted by molar-refractivity contribution is -0.137. The van der Waals surface area contributed by atoms with Gasteiger partial charge in [0.1, 0.15) is 0 Å². The zero-order valence-electron chi connectivity index (χ0n) is 21.4. The molecule has 5 rings (SSSR count). The van der Waals surface area contributed by atoms with Gasteiger partial charge in [0.2, 0.25) is 5.91 Å². The predicted octanol–water partition coefficient (Wildman–Crippen LogP) is 5.40. The van der Waals surface area contributed by atoms with Crippen LogP contribution in [-0.4, -0.2) is 65.3 Å². The van der Waals surface area contributed by atoms with Gasteiger partial charge in [0, 0.05) is 42.7 Å². The van der Waals surface area contributed by atoms with Gasteiger partial charge in [-0.3, -0.25) is 14.5 Å². The summed E-state index contributed by atoms with van der Waals surface area (Å²) in [6, 6.07) is 14.5. The molecule has 200 valence electrons. The number of aryl methyl sites for hydroxylation is 1. The Morgan fingerprint density at radius 3 is 2.39 bits per heavy atom. The topological polar surface area (TPSA) is 43.9 Å². The van der Waals surface area contributed by atoms with E-state index < -0.39 is 11.7 Å². The highest BCUT2D eigenvalue weighted by Gasteiger charge is 2.35. The molecule has 1 aromatic heterocycles. The number of carbonyl (C=O) groups excluding carboxylic acids is 2. The lowest BCUT2D eigenvalue weighted by atomic mass is 9.90. The minimum Gasteiger partial charge on any atom is -0.338 e. The van der Waals surface area contributed by atoms with E-state index in [-0.39, 0.29) is 36.0 Å². The number of hydrogen-bond acceptors (Lipinski definition) is 4. The molecular weight excluding hydrogens is 511 g/mol. The van der Waals surface area contributed by atoms with E-state index in [0.29, 0.717) is 19.6 Å². The fraction of sp³-hybridized carbons (Fsp3) is 0.379. The molecule has 0 bridgehead atoms. The summed E-state index contributed by atoms with van der Waals surface area (Å²) in [5.41, 5.74) is 3.10. The minimum absolute atomic E-state index is 0.0233. The number of halogens is 3. The normalized spacial score (nSPS) is 20.3. The molecule has 0 aliphatic carbocycles. The summed E-state index contributed by atoms with van der Waals surface area (Å²) in [5.74, 6) is -0.297. The van der Waals surface area contributed by atoms with Crippen LogP contribution >= 0.6 is 11.3 Å². The first kappa shape index (κ1) is 26.4. The van der Waals surface area contributed by atoms with Crippen molar-refractivity contribution in [2.24, 2.45) is 0 Å². The van der Waals surface area contributed by atoms with Crippen LogP contribution < -0.4 is 0 Å². The van der Waals surface area contributed by atoms with E-state index in [0.717, 1.165) is 25.1 Å². The first-order chi connectivity index (χ1) is 18.1. The van der Waals surface area contributed by atoms with Crippen LogP contribution in [0.3, 0.4) is 0 Å². The Bertz CT molecular complexity index is 1320. The molecule has 0 spiro atoms. The highest BCUT2D eigenvalue weighted by Crippen LogP contribution is 2.39. The van der Waals surface area contributed by atoms with Gasteiger partial charge in [-0.15, -0.1) is 11.3 Å². The molecule has 1 saturated heterocycles. The monoisotopic (exact) mass is 541 g/mol. The molecule has 0 N–H and O–H groups in total. The van der Waals surface area contributed by atoms with Crippen molar-refractivity contribution in [3.05, 3.63) is 92.7 Å². The second kappa shape index (κ2) is 10.5. The van der Waals surface area contributed by atoms with E-state index in [1.807, 2.05) is 19.1 Å². The second-order valence-electron chi connectivity index (χ2n) is 10.0. The maximum atomic E-state index is 13.5. The summed E-state index contributed by atoms with van der Waals surface area (Å²) in [5, 5.41) is 2.12. The molecule has 2 aliphatic rings. The number of benzene rings is 2. The van der Waals surface area contributed by atoms with Crippen LogP contribution in [0, 0.1) is 6.92 Å². The third-order valence-electron chi connectivity index (χ3n) is 7.59. The molecule has 2 aromatic carbocycles. The fourth-order valence-corrected chi connectivity index (χ4v) is 6.43. The predicted molar refractivity (Wildman–Crippen MR) is 141 cm³/mol. The highest BCUT2D eigenvalue weighted by molar-refractivity contribution is 7.10. The number of alkyl halides is 3. The molecule has 0 radical (unpaired) electrons. The minimum atomic E-state index is -4.45. The van der Waals surface area contributed by atoms with Crippen LogP contribution in [0.4, 0.5) is 13.2 Å². The average Bonchev–Trinajstić information content (AvgIpc) is 3.37. The van der Waals surface area contributed by atoms with Crippen molar-refractivity contribution in [2.45, 2.75) is 38.5 Å². The summed E-state index contributed by atoms with van der Waals surface area (Å²) < 4.78 is 38.7. The first-order valence-corrected chi connectivity index (χ1v) is 13.6.